The first-order chi connectivity index (χ1) is 11.8. The van der Waals surface area contributed by atoms with E-state index in [1.165, 1.54) is 0 Å². The molecule has 3 aromatic rings. The van der Waals surface area contributed by atoms with E-state index in [9.17, 15) is 9.59 Å². The number of nitrogens with zero attached hydrogens (tertiary/aromatic N) is 2. The van der Waals surface area contributed by atoms with E-state index in [1.54, 1.807) is 11.7 Å². The number of anilines is 1. The Morgan fingerprint density at radius 2 is 1.96 bits per heavy atom. The summed E-state index contributed by atoms with van der Waals surface area (Å²) in [5.74, 6) is -0.119. The zero-order chi connectivity index (χ0) is 18.3. The number of nitrogens with one attached hydrogen (secondary N) is 2. The second kappa shape index (κ2) is 6.20. The van der Waals surface area contributed by atoms with Crippen LogP contribution in [-0.2, 0) is 18.3 Å². The molecule has 6 heteroatoms. The van der Waals surface area contributed by atoms with Crippen molar-refractivity contribution < 1.29 is 4.79 Å². The van der Waals surface area contributed by atoms with Crippen molar-refractivity contribution in [3.63, 3.8) is 0 Å². The second-order valence-electron chi connectivity index (χ2n) is 6.54. The average Bonchev–Trinajstić information content (AvgIpc) is 2.80. The van der Waals surface area contributed by atoms with Crippen molar-refractivity contribution >= 4 is 22.6 Å². The van der Waals surface area contributed by atoms with Gasteiger partial charge in [-0.3, -0.25) is 19.4 Å². The van der Waals surface area contributed by atoms with Gasteiger partial charge in [-0.1, -0.05) is 17.7 Å². The van der Waals surface area contributed by atoms with E-state index in [0.29, 0.717) is 11.0 Å². The molecule has 0 atom stereocenters. The van der Waals surface area contributed by atoms with Crippen LogP contribution in [0.15, 0.2) is 23.0 Å². The minimum absolute atomic E-state index is 0.119. The highest BCUT2D eigenvalue weighted by Crippen LogP contribution is 2.21. The zero-order valence-corrected chi connectivity index (χ0v) is 15.2. The largest absolute Gasteiger partial charge is 0.326 e. The third kappa shape index (κ3) is 3.07. The van der Waals surface area contributed by atoms with Gasteiger partial charge >= 0.3 is 0 Å². The molecule has 0 unspecified atom stereocenters. The summed E-state index contributed by atoms with van der Waals surface area (Å²) in [5, 5.41) is 6.21. The lowest BCUT2D eigenvalue weighted by molar-refractivity contribution is -0.115. The van der Waals surface area contributed by atoms with Crippen LogP contribution >= 0.6 is 0 Å². The summed E-state index contributed by atoms with van der Waals surface area (Å²) in [6.07, 6.45) is 0.183. The van der Waals surface area contributed by atoms with Crippen LogP contribution in [0.3, 0.4) is 0 Å². The number of rotatable bonds is 3. The molecule has 0 saturated heterocycles. The van der Waals surface area contributed by atoms with Crippen molar-refractivity contribution in [2.75, 3.05) is 5.32 Å². The first-order valence-corrected chi connectivity index (χ1v) is 8.20. The lowest BCUT2D eigenvalue weighted by Crippen LogP contribution is -2.17. The summed E-state index contributed by atoms with van der Waals surface area (Å²) >= 11 is 0. The lowest BCUT2D eigenvalue weighted by Gasteiger charge is -2.12. The zero-order valence-electron chi connectivity index (χ0n) is 15.2. The van der Waals surface area contributed by atoms with Crippen LogP contribution in [0, 0.1) is 27.7 Å². The Bertz CT molecular complexity index is 1040. The molecule has 0 saturated carbocycles. The number of carbonyl (C=O) groups excluding carboxylic acids is 1. The molecule has 0 aliphatic heterocycles. The van der Waals surface area contributed by atoms with Crippen LogP contribution in [0.5, 0.6) is 0 Å². The minimum atomic E-state index is -0.182. The van der Waals surface area contributed by atoms with Crippen LogP contribution in [0.2, 0.25) is 0 Å². The molecule has 1 aromatic carbocycles. The van der Waals surface area contributed by atoms with Gasteiger partial charge in [-0.15, -0.1) is 0 Å². The highest BCUT2D eigenvalue weighted by molar-refractivity contribution is 5.94. The third-order valence-electron chi connectivity index (χ3n) is 4.57. The normalized spacial score (nSPS) is 11.1. The minimum Gasteiger partial charge on any atom is -0.326 e. The maximum atomic E-state index is 12.5. The summed E-state index contributed by atoms with van der Waals surface area (Å²) in [6, 6.07) is 5.91. The number of pyridine rings is 1. The molecule has 130 valence electrons. The topological polar surface area (TPSA) is 79.8 Å². The van der Waals surface area contributed by atoms with Crippen molar-refractivity contribution in [1.29, 1.82) is 0 Å². The summed E-state index contributed by atoms with van der Waals surface area (Å²) in [5.41, 5.74) is 5.77. The van der Waals surface area contributed by atoms with Crippen LogP contribution in [0.25, 0.3) is 11.0 Å². The fourth-order valence-electron chi connectivity index (χ4n) is 3.22. The SMILES string of the molecule is Cc1ccc(NC(=O)Cc2c(C)nc3c(c2C)c(=O)[nH]n3C)c(C)c1. The van der Waals surface area contributed by atoms with Gasteiger partial charge in [0.05, 0.1) is 11.8 Å². The predicted molar refractivity (Wildman–Crippen MR) is 99.1 cm³/mol. The number of carbonyl (C=O) groups is 1. The Balaban J connectivity index is 1.93. The van der Waals surface area contributed by atoms with Gasteiger partial charge in [-0.2, -0.15) is 0 Å². The summed E-state index contributed by atoms with van der Waals surface area (Å²) in [4.78, 5) is 29.1. The summed E-state index contributed by atoms with van der Waals surface area (Å²) in [7, 11) is 1.75. The summed E-state index contributed by atoms with van der Waals surface area (Å²) in [6.45, 7) is 7.72. The standard InChI is InChI=1S/C19H22N4O2/c1-10-6-7-15(11(2)8-10)21-16(24)9-14-12(3)17-18(20-13(14)4)23(5)22-19(17)25/h6-8H,9H2,1-5H3,(H,21,24)(H,22,25). The van der Waals surface area contributed by atoms with Gasteiger partial charge in [0.15, 0.2) is 5.65 Å². The lowest BCUT2D eigenvalue weighted by atomic mass is 10.0. The van der Waals surface area contributed by atoms with E-state index in [-0.39, 0.29) is 17.9 Å². The molecular formula is C19H22N4O2. The number of amides is 1. The molecule has 6 nitrogen and oxygen atoms in total. The van der Waals surface area contributed by atoms with E-state index in [1.807, 2.05) is 45.9 Å². The molecule has 0 aliphatic carbocycles. The summed E-state index contributed by atoms with van der Waals surface area (Å²) < 4.78 is 1.61. The Morgan fingerprint density at radius 3 is 2.64 bits per heavy atom. The molecular weight excluding hydrogens is 316 g/mol. The smallest absolute Gasteiger partial charge is 0.273 e. The van der Waals surface area contributed by atoms with Gasteiger partial charge in [0, 0.05) is 18.4 Å². The van der Waals surface area contributed by atoms with Gasteiger partial charge in [0.1, 0.15) is 0 Å². The second-order valence-corrected chi connectivity index (χ2v) is 6.54. The number of aromatic nitrogens is 3. The van der Waals surface area contributed by atoms with Crippen molar-refractivity contribution in [2.45, 2.75) is 34.1 Å². The molecule has 0 fully saturated rings. The Hall–Kier alpha value is -2.89. The number of H-pyrrole nitrogens is 1. The number of benzene rings is 1. The first-order valence-electron chi connectivity index (χ1n) is 8.20. The quantitative estimate of drug-likeness (QED) is 0.770. The van der Waals surface area contributed by atoms with E-state index >= 15 is 0 Å². The molecule has 2 N–H and O–H groups in total. The van der Waals surface area contributed by atoms with Gasteiger partial charge in [0.2, 0.25) is 5.91 Å². The van der Waals surface area contributed by atoms with Gasteiger partial charge in [-0.05, 0) is 50.5 Å². The molecule has 0 spiro atoms. The average molecular weight is 338 g/mol. The van der Waals surface area contributed by atoms with Crippen LogP contribution in [0.1, 0.15) is 27.9 Å². The van der Waals surface area contributed by atoms with Gasteiger partial charge in [0.25, 0.3) is 5.56 Å². The van der Waals surface area contributed by atoms with Crippen molar-refractivity contribution in [1.82, 2.24) is 14.8 Å². The Kier molecular flexibility index (Phi) is 4.20. The molecule has 0 bridgehead atoms. The Labute approximate surface area is 145 Å². The van der Waals surface area contributed by atoms with E-state index in [4.69, 9.17) is 0 Å². The van der Waals surface area contributed by atoms with E-state index in [2.05, 4.69) is 15.4 Å². The van der Waals surface area contributed by atoms with Crippen molar-refractivity contribution in [2.24, 2.45) is 7.05 Å². The monoisotopic (exact) mass is 338 g/mol. The molecule has 3 rings (SSSR count). The van der Waals surface area contributed by atoms with Gasteiger partial charge < -0.3 is 5.32 Å². The molecule has 2 heterocycles. The number of aryl methyl sites for hydroxylation is 5. The van der Waals surface area contributed by atoms with Gasteiger partial charge in [-0.25, -0.2) is 4.98 Å². The molecule has 0 aliphatic rings. The highest BCUT2D eigenvalue weighted by atomic mass is 16.1. The van der Waals surface area contributed by atoms with E-state index in [0.717, 1.165) is 33.6 Å². The number of fused-ring (bicyclic) bond motifs is 1. The fourth-order valence-corrected chi connectivity index (χ4v) is 3.22. The van der Waals surface area contributed by atoms with Crippen molar-refractivity contribution in [3.8, 4) is 0 Å². The molecule has 25 heavy (non-hydrogen) atoms. The molecule has 1 amide bonds. The van der Waals surface area contributed by atoms with Crippen LogP contribution in [0.4, 0.5) is 5.69 Å². The van der Waals surface area contributed by atoms with E-state index < -0.39 is 0 Å². The maximum Gasteiger partial charge on any atom is 0.273 e. The molecule has 2 aromatic heterocycles. The number of hydrogen-bond acceptors (Lipinski definition) is 3. The van der Waals surface area contributed by atoms with Crippen molar-refractivity contribution in [3.05, 3.63) is 56.5 Å². The number of hydrogen-bond donors (Lipinski definition) is 2. The predicted octanol–water partition coefficient (Wildman–Crippen LogP) is 2.68. The molecule has 0 radical (unpaired) electrons. The third-order valence-corrected chi connectivity index (χ3v) is 4.57. The fraction of sp³-hybridized carbons (Fsp3) is 0.316. The van der Waals surface area contributed by atoms with Crippen LogP contribution < -0.4 is 10.9 Å². The maximum absolute atomic E-state index is 12.5. The number of aromatic amines is 1. The first kappa shape index (κ1) is 17.0. The van der Waals surface area contributed by atoms with Crippen LogP contribution in [-0.4, -0.2) is 20.7 Å². The highest BCUT2D eigenvalue weighted by Gasteiger charge is 2.17. The Morgan fingerprint density at radius 1 is 1.24 bits per heavy atom.